The highest BCUT2D eigenvalue weighted by molar-refractivity contribution is 5.62. The number of rotatable bonds is 5. The second kappa shape index (κ2) is 6.87. The van der Waals surface area contributed by atoms with E-state index < -0.39 is 0 Å². The van der Waals surface area contributed by atoms with Crippen LogP contribution in [0.25, 0.3) is 0 Å². The lowest BCUT2D eigenvalue weighted by Gasteiger charge is -2.35. The zero-order valence-corrected chi connectivity index (χ0v) is 12.8. The summed E-state index contributed by atoms with van der Waals surface area (Å²) in [6.45, 7) is 9.12. The van der Waals surface area contributed by atoms with Gasteiger partial charge in [-0.1, -0.05) is 6.07 Å². The molecule has 1 aromatic rings. The van der Waals surface area contributed by atoms with Crippen LogP contribution in [-0.4, -0.2) is 41.7 Å². The summed E-state index contributed by atoms with van der Waals surface area (Å²) in [4.78, 5) is 13.1. The summed E-state index contributed by atoms with van der Waals surface area (Å²) in [6.07, 6.45) is 0.398. The molecule has 2 rings (SSSR count). The average Bonchev–Trinajstić information content (AvgIpc) is 2.39. The zero-order chi connectivity index (χ0) is 15.4. The van der Waals surface area contributed by atoms with Crippen molar-refractivity contribution in [3.8, 4) is 0 Å². The minimum atomic E-state index is -0.327. The normalized spacial score (nSPS) is 23.0. The van der Waals surface area contributed by atoms with E-state index in [-0.39, 0.29) is 22.8 Å². The van der Waals surface area contributed by atoms with Crippen LogP contribution in [0.3, 0.4) is 0 Å². The molecule has 6 heteroatoms. The first-order valence-electron chi connectivity index (χ1n) is 7.38. The van der Waals surface area contributed by atoms with Gasteiger partial charge in [0.25, 0.3) is 5.69 Å². The number of nitro groups is 1. The number of nitrogens with one attached hydrogen (secondary N) is 1. The van der Waals surface area contributed by atoms with Crippen LogP contribution in [0.15, 0.2) is 18.2 Å². The lowest BCUT2D eigenvalue weighted by atomic mass is 10.1. The largest absolute Gasteiger partial charge is 0.380 e. The molecule has 1 fully saturated rings. The first-order valence-corrected chi connectivity index (χ1v) is 7.38. The Morgan fingerprint density at radius 2 is 2.05 bits per heavy atom. The van der Waals surface area contributed by atoms with Gasteiger partial charge in [-0.05, 0) is 32.4 Å². The van der Waals surface area contributed by atoms with Crippen molar-refractivity contribution in [3.05, 3.63) is 33.9 Å². The minimum absolute atomic E-state index is 0.142. The highest BCUT2D eigenvalue weighted by atomic mass is 16.6. The number of nitro benzene ring substituents is 1. The Hall–Kier alpha value is -1.66. The number of benzene rings is 1. The van der Waals surface area contributed by atoms with Crippen LogP contribution in [0.1, 0.15) is 26.3 Å². The van der Waals surface area contributed by atoms with Gasteiger partial charge in [0.15, 0.2) is 0 Å². The summed E-state index contributed by atoms with van der Waals surface area (Å²) in [5, 5.41) is 14.2. The van der Waals surface area contributed by atoms with Crippen LogP contribution in [-0.2, 0) is 11.3 Å². The summed E-state index contributed by atoms with van der Waals surface area (Å²) in [5.41, 5.74) is 1.68. The molecular formula is C15H23N3O3. The first-order chi connectivity index (χ1) is 9.99. The van der Waals surface area contributed by atoms with Crippen molar-refractivity contribution in [2.24, 2.45) is 0 Å². The summed E-state index contributed by atoms with van der Waals surface area (Å²) >= 11 is 0. The first kappa shape index (κ1) is 15.7. The van der Waals surface area contributed by atoms with Crippen molar-refractivity contribution in [1.82, 2.24) is 4.90 Å². The van der Waals surface area contributed by atoms with Crippen LogP contribution >= 0.6 is 0 Å². The Kier molecular flexibility index (Phi) is 5.14. The topological polar surface area (TPSA) is 67.6 Å². The third-order valence-electron chi connectivity index (χ3n) is 3.53. The SMILES string of the molecule is CCNc1ccc(CN2CC(C)OC(C)C2)cc1[N+](=O)[O-]. The van der Waals surface area contributed by atoms with Crippen LogP contribution in [0.5, 0.6) is 0 Å². The number of hydrogen-bond donors (Lipinski definition) is 1. The summed E-state index contributed by atoms with van der Waals surface area (Å²) in [6, 6.07) is 5.42. The van der Waals surface area contributed by atoms with Gasteiger partial charge in [0.05, 0.1) is 17.1 Å². The Bertz CT molecular complexity index is 497. The Balaban J connectivity index is 2.13. The predicted octanol–water partition coefficient (Wildman–Crippen LogP) is 2.64. The minimum Gasteiger partial charge on any atom is -0.380 e. The molecule has 2 unspecified atom stereocenters. The molecule has 2 atom stereocenters. The van der Waals surface area contributed by atoms with E-state index in [9.17, 15) is 10.1 Å². The fourth-order valence-electron chi connectivity index (χ4n) is 2.84. The lowest BCUT2D eigenvalue weighted by Crippen LogP contribution is -2.44. The van der Waals surface area contributed by atoms with Gasteiger partial charge in [-0.15, -0.1) is 0 Å². The molecule has 0 bridgehead atoms. The average molecular weight is 293 g/mol. The molecule has 1 heterocycles. The molecule has 1 aliphatic rings. The maximum atomic E-state index is 11.2. The fourth-order valence-corrected chi connectivity index (χ4v) is 2.84. The molecule has 0 aliphatic carbocycles. The molecule has 0 radical (unpaired) electrons. The zero-order valence-electron chi connectivity index (χ0n) is 12.8. The Morgan fingerprint density at radius 1 is 1.38 bits per heavy atom. The lowest BCUT2D eigenvalue weighted by molar-refractivity contribution is -0.384. The third-order valence-corrected chi connectivity index (χ3v) is 3.53. The number of nitrogens with zero attached hydrogens (tertiary/aromatic N) is 2. The van der Waals surface area contributed by atoms with Crippen LogP contribution in [0.4, 0.5) is 11.4 Å². The van der Waals surface area contributed by atoms with Gasteiger partial charge in [-0.25, -0.2) is 0 Å². The van der Waals surface area contributed by atoms with Gasteiger partial charge in [0, 0.05) is 32.2 Å². The Morgan fingerprint density at radius 3 is 2.62 bits per heavy atom. The van der Waals surface area contributed by atoms with Gasteiger partial charge in [0.2, 0.25) is 0 Å². The molecule has 0 amide bonds. The van der Waals surface area contributed by atoms with E-state index in [4.69, 9.17) is 4.74 Å². The maximum absolute atomic E-state index is 11.2. The molecule has 116 valence electrons. The van der Waals surface area contributed by atoms with Crippen molar-refractivity contribution >= 4 is 11.4 Å². The molecule has 1 saturated heterocycles. The van der Waals surface area contributed by atoms with E-state index in [2.05, 4.69) is 24.1 Å². The van der Waals surface area contributed by atoms with Gasteiger partial charge < -0.3 is 10.1 Å². The predicted molar refractivity (Wildman–Crippen MR) is 82.5 cm³/mol. The summed E-state index contributed by atoms with van der Waals surface area (Å²) in [7, 11) is 0. The molecule has 1 N–H and O–H groups in total. The molecule has 0 spiro atoms. The van der Waals surface area contributed by atoms with Crippen LogP contribution in [0, 0.1) is 10.1 Å². The van der Waals surface area contributed by atoms with E-state index in [1.165, 1.54) is 0 Å². The summed E-state index contributed by atoms with van der Waals surface area (Å²) in [5.74, 6) is 0. The van der Waals surface area contributed by atoms with Crippen molar-refractivity contribution < 1.29 is 9.66 Å². The second-order valence-electron chi connectivity index (χ2n) is 5.59. The molecule has 1 aromatic carbocycles. The van der Waals surface area contributed by atoms with Crippen molar-refractivity contribution in [2.75, 3.05) is 25.0 Å². The van der Waals surface area contributed by atoms with E-state index in [1.807, 2.05) is 13.0 Å². The van der Waals surface area contributed by atoms with E-state index >= 15 is 0 Å². The third kappa shape index (κ3) is 4.15. The van der Waals surface area contributed by atoms with Crippen molar-refractivity contribution in [3.63, 3.8) is 0 Å². The molecule has 1 aliphatic heterocycles. The van der Waals surface area contributed by atoms with Gasteiger partial charge >= 0.3 is 0 Å². The molecule has 6 nitrogen and oxygen atoms in total. The van der Waals surface area contributed by atoms with Crippen LogP contribution < -0.4 is 5.32 Å². The standard InChI is InChI=1S/C15H23N3O3/c1-4-16-14-6-5-13(7-15(14)18(19)20)10-17-8-11(2)21-12(3)9-17/h5-7,11-12,16H,4,8-10H2,1-3H3. The number of ether oxygens (including phenoxy) is 1. The molecule has 0 saturated carbocycles. The highest BCUT2D eigenvalue weighted by Gasteiger charge is 2.23. The van der Waals surface area contributed by atoms with E-state index in [0.717, 1.165) is 18.7 Å². The number of anilines is 1. The van der Waals surface area contributed by atoms with E-state index in [0.29, 0.717) is 18.8 Å². The van der Waals surface area contributed by atoms with Crippen molar-refractivity contribution in [2.45, 2.75) is 39.5 Å². The second-order valence-corrected chi connectivity index (χ2v) is 5.59. The van der Waals surface area contributed by atoms with Crippen LogP contribution in [0.2, 0.25) is 0 Å². The smallest absolute Gasteiger partial charge is 0.292 e. The quantitative estimate of drug-likeness (QED) is 0.667. The molecule has 21 heavy (non-hydrogen) atoms. The van der Waals surface area contributed by atoms with E-state index in [1.54, 1.807) is 12.1 Å². The number of hydrogen-bond acceptors (Lipinski definition) is 5. The van der Waals surface area contributed by atoms with Gasteiger partial charge in [0.1, 0.15) is 5.69 Å². The monoisotopic (exact) mass is 293 g/mol. The molecule has 0 aromatic heterocycles. The van der Waals surface area contributed by atoms with Crippen molar-refractivity contribution in [1.29, 1.82) is 0 Å². The highest BCUT2D eigenvalue weighted by Crippen LogP contribution is 2.26. The number of morpholine rings is 1. The Labute approximate surface area is 125 Å². The molecular weight excluding hydrogens is 270 g/mol. The summed E-state index contributed by atoms with van der Waals surface area (Å²) < 4.78 is 5.71. The van der Waals surface area contributed by atoms with Gasteiger partial charge in [-0.2, -0.15) is 0 Å². The maximum Gasteiger partial charge on any atom is 0.292 e. The fraction of sp³-hybridized carbons (Fsp3) is 0.600. The van der Waals surface area contributed by atoms with Gasteiger partial charge in [-0.3, -0.25) is 15.0 Å².